The van der Waals surface area contributed by atoms with Gasteiger partial charge >= 0.3 is 0 Å². The van der Waals surface area contributed by atoms with Crippen LogP contribution in [0, 0.1) is 0 Å². The van der Waals surface area contributed by atoms with Crippen LogP contribution in [0.3, 0.4) is 0 Å². The Morgan fingerprint density at radius 1 is 1.00 bits per heavy atom. The van der Waals surface area contributed by atoms with Gasteiger partial charge in [-0.05, 0) is 67.5 Å². The Labute approximate surface area is 250 Å². The van der Waals surface area contributed by atoms with Crippen LogP contribution in [-0.4, -0.2) is 78.2 Å². The molecule has 42 heavy (non-hydrogen) atoms. The van der Waals surface area contributed by atoms with Crippen molar-refractivity contribution in [3.05, 3.63) is 81.4 Å². The molecule has 4 heterocycles. The second-order valence-corrected chi connectivity index (χ2v) is 12.6. The molecule has 0 radical (unpaired) electrons. The summed E-state index contributed by atoms with van der Waals surface area (Å²) in [6, 6.07) is 16.0. The summed E-state index contributed by atoms with van der Waals surface area (Å²) in [5.41, 5.74) is 7.46. The SMILES string of the molecule is O=C(Nc1nc2c(s1)C[C@@H](N1CCOCC1)CC2)c1cccc([C@H]2CCCN2C(=O)c2cccc(C3C=NNC3)c2)c1. The molecule has 218 valence electrons. The first-order valence-electron chi connectivity index (χ1n) is 15.0. The minimum atomic E-state index is -0.164. The van der Waals surface area contributed by atoms with Gasteiger partial charge in [-0.2, -0.15) is 5.10 Å². The predicted octanol–water partition coefficient (Wildman–Crippen LogP) is 4.23. The van der Waals surface area contributed by atoms with Gasteiger partial charge in [0.2, 0.25) is 0 Å². The van der Waals surface area contributed by atoms with E-state index in [0.717, 1.165) is 81.8 Å². The van der Waals surface area contributed by atoms with Gasteiger partial charge in [0.25, 0.3) is 11.8 Å². The van der Waals surface area contributed by atoms with Crippen molar-refractivity contribution in [2.24, 2.45) is 5.10 Å². The molecule has 2 saturated heterocycles. The van der Waals surface area contributed by atoms with Crippen molar-refractivity contribution >= 4 is 34.5 Å². The fourth-order valence-corrected chi connectivity index (χ4v) is 7.77. The number of nitrogens with zero attached hydrogens (tertiary/aromatic N) is 4. The highest BCUT2D eigenvalue weighted by atomic mass is 32.1. The number of likely N-dealkylation sites (tertiary alicyclic amines) is 1. The number of hydrazone groups is 1. The second-order valence-electron chi connectivity index (χ2n) is 11.5. The first-order valence-corrected chi connectivity index (χ1v) is 15.8. The van der Waals surface area contributed by atoms with Gasteiger partial charge in [-0.25, -0.2) is 4.98 Å². The summed E-state index contributed by atoms with van der Waals surface area (Å²) < 4.78 is 5.53. The molecule has 3 aliphatic heterocycles. The Morgan fingerprint density at radius 2 is 1.81 bits per heavy atom. The van der Waals surface area contributed by atoms with Crippen molar-refractivity contribution < 1.29 is 14.3 Å². The largest absolute Gasteiger partial charge is 0.379 e. The number of nitrogens with one attached hydrogen (secondary N) is 2. The number of amides is 2. The number of hydrogen-bond acceptors (Lipinski definition) is 8. The fraction of sp³-hybridized carbons (Fsp3) is 0.438. The van der Waals surface area contributed by atoms with Gasteiger partial charge in [-0.1, -0.05) is 24.3 Å². The van der Waals surface area contributed by atoms with Crippen LogP contribution in [0.25, 0.3) is 0 Å². The molecule has 2 N–H and O–H groups in total. The number of morpholine rings is 1. The van der Waals surface area contributed by atoms with Gasteiger partial charge in [0.1, 0.15) is 0 Å². The van der Waals surface area contributed by atoms with E-state index >= 15 is 0 Å². The van der Waals surface area contributed by atoms with Crippen LogP contribution < -0.4 is 10.7 Å². The number of anilines is 1. The number of benzene rings is 2. The van der Waals surface area contributed by atoms with Gasteiger partial charge in [0.05, 0.1) is 24.9 Å². The summed E-state index contributed by atoms with van der Waals surface area (Å²) in [7, 11) is 0. The van der Waals surface area contributed by atoms with E-state index in [0.29, 0.717) is 28.8 Å². The number of carbonyl (C=O) groups excluding carboxylic acids is 2. The van der Waals surface area contributed by atoms with Gasteiger partial charge in [0.15, 0.2) is 5.13 Å². The predicted molar refractivity (Wildman–Crippen MR) is 163 cm³/mol. The lowest BCUT2D eigenvalue weighted by Gasteiger charge is -2.36. The molecule has 10 heteroatoms. The molecule has 0 spiro atoms. The van der Waals surface area contributed by atoms with Crippen LogP contribution >= 0.6 is 11.3 Å². The van der Waals surface area contributed by atoms with Gasteiger partial charge in [-0.15, -0.1) is 11.3 Å². The maximum Gasteiger partial charge on any atom is 0.257 e. The van der Waals surface area contributed by atoms with E-state index in [1.807, 2.05) is 59.6 Å². The lowest BCUT2D eigenvalue weighted by atomic mass is 9.96. The molecule has 3 atom stereocenters. The molecule has 2 amide bonds. The van der Waals surface area contributed by atoms with E-state index < -0.39 is 0 Å². The van der Waals surface area contributed by atoms with Crippen molar-refractivity contribution in [1.29, 1.82) is 0 Å². The molecule has 4 aliphatic rings. The molecule has 3 aromatic rings. The van der Waals surface area contributed by atoms with E-state index in [-0.39, 0.29) is 23.8 Å². The summed E-state index contributed by atoms with van der Waals surface area (Å²) in [4.78, 5) is 37.5. The first kappa shape index (κ1) is 27.2. The normalized spacial score (nSPS) is 23.9. The number of aromatic nitrogens is 1. The Bertz CT molecular complexity index is 1500. The number of carbonyl (C=O) groups is 2. The Morgan fingerprint density at radius 3 is 2.64 bits per heavy atom. The fourth-order valence-electron chi connectivity index (χ4n) is 6.70. The molecule has 2 fully saturated rings. The number of hydrogen-bond donors (Lipinski definition) is 2. The maximum atomic E-state index is 13.7. The Kier molecular flexibility index (Phi) is 7.75. The molecular formula is C32H36N6O3S. The van der Waals surface area contributed by atoms with E-state index in [9.17, 15) is 9.59 Å². The van der Waals surface area contributed by atoms with Crippen molar-refractivity contribution in [3.63, 3.8) is 0 Å². The summed E-state index contributed by atoms with van der Waals surface area (Å²) in [5, 5.41) is 7.84. The molecule has 9 nitrogen and oxygen atoms in total. The summed E-state index contributed by atoms with van der Waals surface area (Å²) in [6.45, 7) is 5.04. The average molecular weight is 585 g/mol. The van der Waals surface area contributed by atoms with Crippen molar-refractivity contribution in [3.8, 4) is 0 Å². The molecule has 1 unspecified atom stereocenters. The highest BCUT2D eigenvalue weighted by Crippen LogP contribution is 2.35. The standard InChI is InChI=1S/C32H36N6O3S/c39-30(36-32-35-27-10-9-26(18-29(27)42-32)37-12-14-41-15-13-37)23-6-2-5-22(17-23)28-8-3-11-38(28)31(40)24-7-1-4-21(16-24)25-19-33-34-20-25/h1-2,4-7,16-17,19,25-26,28,34H,3,8-15,18,20H2,(H,35,36,39)/t25?,26-,28+/m0/s1. The molecule has 0 saturated carbocycles. The summed E-state index contributed by atoms with van der Waals surface area (Å²) in [5.74, 6) is 0.0424. The van der Waals surface area contributed by atoms with Gasteiger partial charge in [-0.3, -0.25) is 19.8 Å². The Hall–Kier alpha value is -3.60. The maximum absolute atomic E-state index is 13.7. The third kappa shape index (κ3) is 5.58. The molecule has 1 aromatic heterocycles. The van der Waals surface area contributed by atoms with Crippen molar-refractivity contribution in [2.75, 3.05) is 44.7 Å². The third-order valence-corrected chi connectivity index (χ3v) is 10.00. The minimum absolute atomic E-state index is 0.0286. The zero-order valence-electron chi connectivity index (χ0n) is 23.6. The Balaban J connectivity index is 1.03. The second kappa shape index (κ2) is 11.9. The number of rotatable bonds is 6. The average Bonchev–Trinajstić information content (AvgIpc) is 3.82. The summed E-state index contributed by atoms with van der Waals surface area (Å²) in [6.07, 6.45) is 6.72. The van der Waals surface area contributed by atoms with E-state index in [1.54, 1.807) is 11.3 Å². The van der Waals surface area contributed by atoms with Crippen LogP contribution in [0.4, 0.5) is 5.13 Å². The van der Waals surface area contributed by atoms with Gasteiger partial charge < -0.3 is 15.1 Å². The van der Waals surface area contributed by atoms with Crippen molar-refractivity contribution in [2.45, 2.75) is 50.1 Å². The van der Waals surface area contributed by atoms with Crippen LogP contribution in [0.1, 0.15) is 73.6 Å². The number of aryl methyl sites for hydroxylation is 1. The van der Waals surface area contributed by atoms with E-state index in [1.165, 1.54) is 4.88 Å². The monoisotopic (exact) mass is 584 g/mol. The summed E-state index contributed by atoms with van der Waals surface area (Å²) >= 11 is 1.60. The zero-order valence-corrected chi connectivity index (χ0v) is 24.4. The highest BCUT2D eigenvalue weighted by molar-refractivity contribution is 7.15. The van der Waals surface area contributed by atoms with Crippen LogP contribution in [0.15, 0.2) is 53.6 Å². The van der Waals surface area contributed by atoms with Crippen LogP contribution in [0.5, 0.6) is 0 Å². The number of fused-ring (bicyclic) bond motifs is 1. The van der Waals surface area contributed by atoms with Crippen LogP contribution in [0.2, 0.25) is 0 Å². The first-order chi connectivity index (χ1) is 20.6. The van der Waals surface area contributed by atoms with E-state index in [2.05, 4.69) is 20.7 Å². The number of thiazole rings is 1. The molecular weight excluding hydrogens is 548 g/mol. The molecule has 1 aliphatic carbocycles. The quantitative estimate of drug-likeness (QED) is 0.450. The lowest BCUT2D eigenvalue weighted by molar-refractivity contribution is 0.0139. The molecule has 2 aromatic carbocycles. The van der Waals surface area contributed by atoms with Gasteiger partial charge in [0, 0.05) is 60.4 Å². The minimum Gasteiger partial charge on any atom is -0.379 e. The topological polar surface area (TPSA) is 99.2 Å². The third-order valence-electron chi connectivity index (χ3n) is 8.96. The molecule has 0 bridgehead atoms. The van der Waals surface area contributed by atoms with Crippen molar-refractivity contribution in [1.82, 2.24) is 20.2 Å². The lowest BCUT2D eigenvalue weighted by Crippen LogP contribution is -2.45. The highest BCUT2D eigenvalue weighted by Gasteiger charge is 2.32. The zero-order chi connectivity index (χ0) is 28.5. The molecule has 7 rings (SSSR count). The van der Waals surface area contributed by atoms with E-state index in [4.69, 9.17) is 9.72 Å². The smallest absolute Gasteiger partial charge is 0.257 e. The number of ether oxygens (including phenoxy) is 1. The van der Waals surface area contributed by atoms with Crippen LogP contribution in [-0.2, 0) is 17.6 Å².